The van der Waals surface area contributed by atoms with Crippen LogP contribution < -0.4 is 16.8 Å². The maximum Gasteiger partial charge on any atom is 0.481 e. The van der Waals surface area contributed by atoms with Crippen LogP contribution >= 0.6 is 0 Å². The molecule has 232 valence electrons. The number of guanidine groups is 1. The Bertz CT molecular complexity index is 1480. The summed E-state index contributed by atoms with van der Waals surface area (Å²) in [4.78, 5) is 22.7. The Morgan fingerprint density at radius 3 is 2.41 bits per heavy atom. The molecule has 3 saturated carbocycles. The van der Waals surface area contributed by atoms with Crippen LogP contribution in [0.3, 0.4) is 0 Å². The molecule has 7 rings (SSSR count). The van der Waals surface area contributed by atoms with E-state index in [1.54, 1.807) is 4.68 Å². The van der Waals surface area contributed by atoms with Gasteiger partial charge in [-0.1, -0.05) is 74.5 Å². The van der Waals surface area contributed by atoms with Crippen molar-refractivity contribution in [2.24, 2.45) is 33.7 Å². The van der Waals surface area contributed by atoms with Gasteiger partial charge in [0, 0.05) is 19.4 Å². The van der Waals surface area contributed by atoms with Gasteiger partial charge in [-0.05, 0) is 61.0 Å². The minimum atomic E-state index is -0.545. The van der Waals surface area contributed by atoms with Gasteiger partial charge in [-0.25, -0.2) is 9.67 Å². The molecular formula is C33H44BN7O3. The third-order valence-electron chi connectivity index (χ3n) is 10.1. The maximum atomic E-state index is 13.7. The Hall–Kier alpha value is -3.70. The molecule has 5 unspecified atom stereocenters. The van der Waals surface area contributed by atoms with Crippen molar-refractivity contribution in [1.29, 1.82) is 0 Å². The summed E-state index contributed by atoms with van der Waals surface area (Å²) in [5.41, 5.74) is 13.2. The highest BCUT2D eigenvalue weighted by Gasteiger charge is 2.68. The van der Waals surface area contributed by atoms with Crippen LogP contribution in [0.15, 0.2) is 65.7 Å². The predicted molar refractivity (Wildman–Crippen MR) is 170 cm³/mol. The van der Waals surface area contributed by atoms with Gasteiger partial charge in [-0.2, -0.15) is 5.10 Å². The molecule has 5 N–H and O–H groups in total. The first kappa shape index (κ1) is 30.3. The SMILES string of the molecule is CC1(C)C2CC3OB(C(CCCN=C(N)N)NC(=O)Cn4nc(Cc5ccccc5)nc4Cc4ccccc4)OC3(C)C1C2. The molecule has 3 aromatic rings. The van der Waals surface area contributed by atoms with Crippen molar-refractivity contribution in [3.05, 3.63) is 83.4 Å². The van der Waals surface area contributed by atoms with Crippen LogP contribution in [0.5, 0.6) is 0 Å². The summed E-state index contributed by atoms with van der Waals surface area (Å²) in [6.07, 6.45) is 4.62. The Morgan fingerprint density at radius 2 is 1.75 bits per heavy atom. The summed E-state index contributed by atoms with van der Waals surface area (Å²) < 4.78 is 15.0. The molecule has 1 amide bonds. The second-order valence-corrected chi connectivity index (χ2v) is 13.4. The number of rotatable bonds is 12. The van der Waals surface area contributed by atoms with E-state index < -0.39 is 7.12 Å². The van der Waals surface area contributed by atoms with Crippen molar-refractivity contribution >= 4 is 19.0 Å². The normalized spacial score (nSPS) is 25.5. The fraction of sp³-hybridized carbons (Fsp3) is 0.515. The Kier molecular flexibility index (Phi) is 8.52. The average Bonchev–Trinajstić information content (AvgIpc) is 3.54. The van der Waals surface area contributed by atoms with Gasteiger partial charge in [0.2, 0.25) is 5.91 Å². The van der Waals surface area contributed by atoms with Crippen LogP contribution in [-0.2, 0) is 33.5 Å². The molecule has 0 radical (unpaired) electrons. The van der Waals surface area contributed by atoms with Gasteiger partial charge in [0.05, 0.1) is 17.6 Å². The standard InChI is InChI=1S/C33H44BN7O3/c1-32(2)24-19-25(32)33(3)26(20-24)43-34(44-33)27(15-10-16-37-31(35)36)38-30(42)21-41-29(18-23-13-8-5-9-14-23)39-28(40-41)17-22-11-6-4-7-12-22/h4-9,11-14,24-27H,10,15-21H2,1-3H3,(H,38,42)(H4,35,36,37). The van der Waals surface area contributed by atoms with Crippen LogP contribution in [0.25, 0.3) is 0 Å². The zero-order valence-corrected chi connectivity index (χ0v) is 26.0. The van der Waals surface area contributed by atoms with Gasteiger partial charge in [0.25, 0.3) is 0 Å². The van der Waals surface area contributed by atoms with Crippen LogP contribution in [-0.4, -0.2) is 57.9 Å². The summed E-state index contributed by atoms with van der Waals surface area (Å²) in [5.74, 6) is 2.04. The van der Waals surface area contributed by atoms with Crippen molar-refractivity contribution in [3.63, 3.8) is 0 Å². The van der Waals surface area contributed by atoms with Crippen LogP contribution in [0, 0.1) is 17.3 Å². The summed E-state index contributed by atoms with van der Waals surface area (Å²) in [7, 11) is -0.545. The number of carbonyl (C=O) groups is 1. The number of nitrogens with two attached hydrogens (primary N) is 2. The molecule has 2 bridgehead atoms. The van der Waals surface area contributed by atoms with E-state index in [0.717, 1.165) is 23.4 Å². The molecule has 10 nitrogen and oxygen atoms in total. The fourth-order valence-corrected chi connectivity index (χ4v) is 7.57. The van der Waals surface area contributed by atoms with Crippen LogP contribution in [0.4, 0.5) is 0 Å². The zero-order valence-electron chi connectivity index (χ0n) is 26.0. The summed E-state index contributed by atoms with van der Waals surface area (Å²) in [6, 6.07) is 20.2. The molecule has 5 atom stereocenters. The first-order chi connectivity index (χ1) is 21.1. The van der Waals surface area contributed by atoms with Gasteiger partial charge < -0.3 is 26.1 Å². The lowest BCUT2D eigenvalue weighted by Gasteiger charge is -2.64. The van der Waals surface area contributed by atoms with E-state index in [1.165, 1.54) is 6.42 Å². The number of amides is 1. The van der Waals surface area contributed by atoms with E-state index >= 15 is 0 Å². The van der Waals surface area contributed by atoms with E-state index in [2.05, 4.69) is 55.3 Å². The first-order valence-corrected chi connectivity index (χ1v) is 15.8. The number of nitrogens with one attached hydrogen (secondary N) is 1. The van der Waals surface area contributed by atoms with Gasteiger partial charge >= 0.3 is 7.12 Å². The number of benzene rings is 2. The van der Waals surface area contributed by atoms with E-state index in [4.69, 9.17) is 30.9 Å². The Morgan fingerprint density at radius 1 is 1.07 bits per heavy atom. The quantitative estimate of drug-likeness (QED) is 0.126. The molecule has 44 heavy (non-hydrogen) atoms. The zero-order chi connectivity index (χ0) is 30.9. The minimum Gasteiger partial charge on any atom is -0.404 e. The van der Waals surface area contributed by atoms with Crippen LogP contribution in [0.1, 0.15) is 69.2 Å². The third-order valence-corrected chi connectivity index (χ3v) is 10.1. The molecule has 11 heteroatoms. The number of carbonyl (C=O) groups excluding carboxylic acids is 1. The molecule has 4 aliphatic rings. The summed E-state index contributed by atoms with van der Waals surface area (Å²) >= 11 is 0. The average molecular weight is 598 g/mol. The lowest BCUT2D eigenvalue weighted by Crippen LogP contribution is -2.65. The molecule has 1 aromatic heterocycles. The lowest BCUT2D eigenvalue weighted by molar-refractivity contribution is -0.199. The van der Waals surface area contributed by atoms with E-state index in [0.29, 0.717) is 49.9 Å². The minimum absolute atomic E-state index is 0.0229. The van der Waals surface area contributed by atoms with Crippen molar-refractivity contribution in [2.75, 3.05) is 6.54 Å². The Labute approximate surface area is 260 Å². The van der Waals surface area contributed by atoms with Crippen molar-refractivity contribution in [3.8, 4) is 0 Å². The number of aromatic nitrogens is 3. The van der Waals surface area contributed by atoms with Gasteiger partial charge in [-0.3, -0.25) is 9.79 Å². The maximum absolute atomic E-state index is 13.7. The van der Waals surface area contributed by atoms with Crippen molar-refractivity contribution in [2.45, 2.75) is 83.5 Å². The molecular weight excluding hydrogens is 553 g/mol. The van der Waals surface area contributed by atoms with E-state index in [1.807, 2.05) is 36.4 Å². The van der Waals surface area contributed by atoms with E-state index in [-0.39, 0.29) is 41.5 Å². The van der Waals surface area contributed by atoms with E-state index in [9.17, 15) is 4.79 Å². The highest BCUT2D eigenvalue weighted by Crippen LogP contribution is 2.65. The monoisotopic (exact) mass is 597 g/mol. The fourth-order valence-electron chi connectivity index (χ4n) is 7.57. The molecule has 3 aliphatic carbocycles. The topological polar surface area (TPSA) is 143 Å². The number of aliphatic imine (C=N–C) groups is 1. The largest absolute Gasteiger partial charge is 0.481 e. The molecule has 1 saturated heterocycles. The second kappa shape index (κ2) is 12.4. The number of hydrogen-bond acceptors (Lipinski definition) is 6. The molecule has 1 aliphatic heterocycles. The van der Waals surface area contributed by atoms with Crippen molar-refractivity contribution < 1.29 is 14.1 Å². The third kappa shape index (κ3) is 6.26. The smallest absolute Gasteiger partial charge is 0.404 e. The van der Waals surface area contributed by atoms with Crippen molar-refractivity contribution in [1.82, 2.24) is 20.1 Å². The predicted octanol–water partition coefficient (Wildman–Crippen LogP) is 3.27. The lowest BCUT2D eigenvalue weighted by atomic mass is 9.43. The van der Waals surface area contributed by atoms with Crippen LogP contribution in [0.2, 0.25) is 0 Å². The second-order valence-electron chi connectivity index (χ2n) is 13.4. The van der Waals surface area contributed by atoms with Gasteiger partial charge in [0.1, 0.15) is 12.4 Å². The van der Waals surface area contributed by atoms with Gasteiger partial charge in [-0.15, -0.1) is 0 Å². The molecule has 2 heterocycles. The number of hydrogen-bond donors (Lipinski definition) is 3. The first-order valence-electron chi connectivity index (χ1n) is 15.8. The molecule has 2 aromatic carbocycles. The molecule has 4 fully saturated rings. The number of nitrogens with zero attached hydrogens (tertiary/aromatic N) is 4. The van der Waals surface area contributed by atoms with Gasteiger partial charge in [0.15, 0.2) is 11.8 Å². The Balaban J connectivity index is 1.19. The molecule has 0 spiro atoms. The summed E-state index contributed by atoms with van der Waals surface area (Å²) in [6.45, 7) is 7.38. The highest BCUT2D eigenvalue weighted by molar-refractivity contribution is 6.47. The summed E-state index contributed by atoms with van der Waals surface area (Å²) in [5, 5.41) is 8.01. The highest BCUT2D eigenvalue weighted by atomic mass is 16.7.